The molecule has 0 unspecified atom stereocenters. The summed E-state index contributed by atoms with van der Waals surface area (Å²) in [5, 5.41) is 0. The summed E-state index contributed by atoms with van der Waals surface area (Å²) in [5.41, 5.74) is 6.73. The van der Waals surface area contributed by atoms with E-state index in [1.54, 1.807) is 0 Å². The van der Waals surface area contributed by atoms with Gasteiger partial charge >= 0.3 is 0 Å². The van der Waals surface area contributed by atoms with E-state index in [1.165, 1.54) is 11.1 Å². The normalized spacial score (nSPS) is 19.0. The Morgan fingerprint density at radius 2 is 1.00 bits per heavy atom. The number of likely N-dealkylation sites (N-methyl/N-ethyl adjacent to an activating group) is 1. The van der Waals surface area contributed by atoms with Crippen LogP contribution in [0.5, 0.6) is 0 Å². The third-order valence-corrected chi connectivity index (χ3v) is 5.70. The monoisotopic (exact) mass is 401 g/mol. The van der Waals surface area contributed by atoms with Crippen LogP contribution in [0.4, 0.5) is 0 Å². The molecule has 2 nitrogen and oxygen atoms in total. The van der Waals surface area contributed by atoms with Crippen molar-refractivity contribution in [2.75, 3.05) is 20.1 Å². The van der Waals surface area contributed by atoms with Gasteiger partial charge in [-0.15, -0.1) is 0 Å². The maximum absolute atomic E-state index is 13.2. The summed E-state index contributed by atoms with van der Waals surface area (Å²) >= 11 is 0. The number of nitrogens with zero attached hydrogens (tertiary/aromatic N) is 1. The quantitative estimate of drug-likeness (QED) is 0.553. The van der Waals surface area contributed by atoms with Gasteiger partial charge < -0.3 is 0 Å². The van der Waals surface area contributed by atoms with Crippen molar-refractivity contribution in [3.05, 3.63) is 81.9 Å². The Kier molecular flexibility index (Phi) is 6.19. The molecular formula is C28H35NO. The second-order valence-electron chi connectivity index (χ2n) is 10.6. The average molecular weight is 402 g/mol. The number of piperidine rings is 1. The average Bonchev–Trinajstić information content (AvgIpc) is 2.65. The van der Waals surface area contributed by atoms with Gasteiger partial charge in [-0.3, -0.25) is 9.69 Å². The van der Waals surface area contributed by atoms with E-state index in [4.69, 9.17) is 0 Å². The molecule has 1 aliphatic rings. The van der Waals surface area contributed by atoms with Crippen LogP contribution in [-0.2, 0) is 15.6 Å². The number of likely N-dealkylation sites (tertiary alicyclic amines) is 1. The van der Waals surface area contributed by atoms with Crippen molar-refractivity contribution >= 4 is 17.9 Å². The molecule has 0 atom stereocenters. The number of hydrogen-bond donors (Lipinski definition) is 0. The van der Waals surface area contributed by atoms with Crippen molar-refractivity contribution < 1.29 is 4.79 Å². The number of Topliss-reactive ketones (excluding diaryl/α,β-unsaturated/α-hetero) is 1. The van der Waals surface area contributed by atoms with Gasteiger partial charge in [0.15, 0.2) is 5.78 Å². The first-order chi connectivity index (χ1) is 13.9. The highest BCUT2D eigenvalue weighted by molar-refractivity contribution is 6.14. The van der Waals surface area contributed by atoms with E-state index >= 15 is 0 Å². The molecule has 2 aromatic carbocycles. The first kappa shape index (κ1) is 22.2. The summed E-state index contributed by atoms with van der Waals surface area (Å²) in [7, 11) is 2.07. The predicted octanol–water partition coefficient (Wildman–Crippen LogP) is 6.26. The van der Waals surface area contributed by atoms with Gasteiger partial charge in [-0.25, -0.2) is 0 Å². The number of rotatable bonds is 2. The van der Waals surface area contributed by atoms with E-state index in [2.05, 4.69) is 102 Å². The zero-order chi connectivity index (χ0) is 22.1. The molecule has 0 aromatic heterocycles. The number of carbonyl (C=O) groups excluding carboxylic acids is 1. The molecule has 0 radical (unpaired) electrons. The van der Waals surface area contributed by atoms with Crippen molar-refractivity contribution in [2.45, 2.75) is 52.4 Å². The minimum absolute atomic E-state index is 0.130. The summed E-state index contributed by atoms with van der Waals surface area (Å²) in [5.74, 6) is 0.160. The number of benzene rings is 2. The maximum atomic E-state index is 13.2. The fourth-order valence-corrected chi connectivity index (χ4v) is 3.77. The molecule has 0 saturated carbocycles. The van der Waals surface area contributed by atoms with Crippen molar-refractivity contribution in [1.29, 1.82) is 0 Å². The van der Waals surface area contributed by atoms with E-state index < -0.39 is 0 Å². The third kappa shape index (κ3) is 5.37. The van der Waals surface area contributed by atoms with Gasteiger partial charge in [0.1, 0.15) is 0 Å². The Hall–Kier alpha value is -2.45. The molecule has 158 valence electrons. The minimum atomic E-state index is 0.130. The van der Waals surface area contributed by atoms with Crippen molar-refractivity contribution in [1.82, 2.24) is 4.90 Å². The molecule has 0 spiro atoms. The summed E-state index contributed by atoms with van der Waals surface area (Å²) in [4.78, 5) is 15.4. The highest BCUT2D eigenvalue weighted by atomic mass is 16.1. The van der Waals surface area contributed by atoms with Crippen LogP contribution in [0.1, 0.15) is 63.8 Å². The molecule has 0 amide bonds. The molecule has 1 heterocycles. The van der Waals surface area contributed by atoms with Crippen LogP contribution < -0.4 is 0 Å². The van der Waals surface area contributed by atoms with Gasteiger partial charge in [-0.2, -0.15) is 0 Å². The highest BCUT2D eigenvalue weighted by Crippen LogP contribution is 2.26. The molecule has 0 N–H and O–H groups in total. The van der Waals surface area contributed by atoms with Crippen molar-refractivity contribution in [3.63, 3.8) is 0 Å². The summed E-state index contributed by atoms with van der Waals surface area (Å²) in [6.07, 6.45) is 4.09. The topological polar surface area (TPSA) is 20.3 Å². The van der Waals surface area contributed by atoms with Gasteiger partial charge in [0.2, 0.25) is 0 Å². The molecule has 0 aliphatic carbocycles. The molecule has 30 heavy (non-hydrogen) atoms. The van der Waals surface area contributed by atoms with Gasteiger partial charge in [-0.1, -0.05) is 90.1 Å². The van der Waals surface area contributed by atoms with E-state index in [1.807, 2.05) is 12.2 Å². The molecule has 0 bridgehead atoms. The van der Waals surface area contributed by atoms with Crippen LogP contribution in [0, 0.1) is 0 Å². The lowest BCUT2D eigenvalue weighted by Gasteiger charge is -2.26. The Morgan fingerprint density at radius 1 is 0.667 bits per heavy atom. The van der Waals surface area contributed by atoms with Gasteiger partial charge in [0, 0.05) is 24.2 Å². The Labute approximate surface area is 182 Å². The predicted molar refractivity (Wildman–Crippen MR) is 129 cm³/mol. The van der Waals surface area contributed by atoms with Crippen LogP contribution in [0.15, 0.2) is 59.7 Å². The number of hydrogen-bond acceptors (Lipinski definition) is 2. The highest BCUT2D eigenvalue weighted by Gasteiger charge is 2.24. The van der Waals surface area contributed by atoms with Gasteiger partial charge in [0.05, 0.1) is 0 Å². The van der Waals surface area contributed by atoms with Gasteiger partial charge in [-0.05, 0) is 52.3 Å². The summed E-state index contributed by atoms with van der Waals surface area (Å²) in [6.45, 7) is 14.6. The van der Waals surface area contributed by atoms with E-state index in [0.717, 1.165) is 22.3 Å². The van der Waals surface area contributed by atoms with E-state index in [-0.39, 0.29) is 16.6 Å². The summed E-state index contributed by atoms with van der Waals surface area (Å²) in [6, 6.07) is 17.1. The van der Waals surface area contributed by atoms with E-state index in [0.29, 0.717) is 13.1 Å². The molecule has 1 fully saturated rings. The zero-order valence-electron chi connectivity index (χ0n) is 19.5. The smallest absolute Gasteiger partial charge is 0.187 e. The minimum Gasteiger partial charge on any atom is -0.298 e. The lowest BCUT2D eigenvalue weighted by atomic mass is 9.86. The largest absolute Gasteiger partial charge is 0.298 e. The molecule has 3 rings (SSSR count). The molecule has 2 heteroatoms. The SMILES string of the molecule is CN1C/C(=C/c2ccc(C(C)(C)C)cc2)C(=O)/C(=C/c2ccc(C(C)(C)C)cc2)C1. The fourth-order valence-electron chi connectivity index (χ4n) is 3.77. The molecule has 2 aromatic rings. The summed E-state index contributed by atoms with van der Waals surface area (Å²) < 4.78 is 0. The maximum Gasteiger partial charge on any atom is 0.187 e. The molecule has 1 saturated heterocycles. The second-order valence-corrected chi connectivity index (χ2v) is 10.6. The van der Waals surface area contributed by atoms with Crippen molar-refractivity contribution in [3.8, 4) is 0 Å². The first-order valence-corrected chi connectivity index (χ1v) is 10.8. The lowest BCUT2D eigenvalue weighted by molar-refractivity contribution is -0.113. The number of ketones is 1. The van der Waals surface area contributed by atoms with Crippen LogP contribution >= 0.6 is 0 Å². The van der Waals surface area contributed by atoms with Crippen LogP contribution in [0.2, 0.25) is 0 Å². The van der Waals surface area contributed by atoms with Crippen molar-refractivity contribution in [2.24, 2.45) is 0 Å². The van der Waals surface area contributed by atoms with Crippen LogP contribution in [0.3, 0.4) is 0 Å². The first-order valence-electron chi connectivity index (χ1n) is 10.8. The molecule has 1 aliphatic heterocycles. The molecular weight excluding hydrogens is 366 g/mol. The van der Waals surface area contributed by atoms with Crippen LogP contribution in [-0.4, -0.2) is 30.8 Å². The van der Waals surface area contributed by atoms with Crippen LogP contribution in [0.25, 0.3) is 12.2 Å². The number of carbonyl (C=O) groups is 1. The standard InChI is InChI=1S/C28H35NO/c1-27(2,3)24-12-8-20(9-13-24)16-22-18-29(7)19-23(26(22)30)17-21-10-14-25(15-11-21)28(4,5)6/h8-17H,18-19H2,1-7H3/b22-16-,23-17+. The second kappa shape index (κ2) is 8.35. The zero-order valence-corrected chi connectivity index (χ0v) is 19.5. The fraction of sp³-hybridized carbons (Fsp3) is 0.393. The van der Waals surface area contributed by atoms with Gasteiger partial charge in [0.25, 0.3) is 0 Å². The Morgan fingerprint density at radius 3 is 1.30 bits per heavy atom. The Balaban J connectivity index is 1.86. The Bertz CT molecular complexity index is 882. The third-order valence-electron chi connectivity index (χ3n) is 5.70. The lowest BCUT2D eigenvalue weighted by Crippen LogP contribution is -2.34. The van der Waals surface area contributed by atoms with E-state index in [9.17, 15) is 4.79 Å².